The highest BCUT2D eigenvalue weighted by molar-refractivity contribution is 7.91. The van der Waals surface area contributed by atoms with Crippen molar-refractivity contribution in [1.29, 1.82) is 0 Å². The zero-order chi connectivity index (χ0) is 20.3. The minimum atomic E-state index is -3.11. The van der Waals surface area contributed by atoms with Crippen LogP contribution in [0.2, 0.25) is 0 Å². The SMILES string of the molecule is C[C@H](OC(=O)CCc1nc2ccccc2c(=O)[nH]1)C(=O)N[C@@H]1CCS(=O)(=O)C1. The molecule has 0 radical (unpaired) electrons. The van der Waals surface area contributed by atoms with Crippen molar-refractivity contribution in [2.24, 2.45) is 0 Å². The second-order valence-corrected chi connectivity index (χ2v) is 9.00. The predicted octanol–water partition coefficient (Wildman–Crippen LogP) is 0.0907. The molecule has 2 aromatic rings. The number of rotatable bonds is 6. The van der Waals surface area contributed by atoms with Crippen molar-refractivity contribution in [3.63, 3.8) is 0 Å². The Kier molecular flexibility index (Phi) is 5.78. The molecule has 0 aliphatic carbocycles. The maximum Gasteiger partial charge on any atom is 0.307 e. The lowest BCUT2D eigenvalue weighted by Crippen LogP contribution is -2.42. The van der Waals surface area contributed by atoms with Crippen molar-refractivity contribution in [3.8, 4) is 0 Å². The first-order chi connectivity index (χ1) is 13.2. The third kappa shape index (κ3) is 4.94. The molecule has 0 spiro atoms. The summed E-state index contributed by atoms with van der Waals surface area (Å²) in [5.41, 5.74) is 0.252. The van der Waals surface area contributed by atoms with Crippen LogP contribution in [0.3, 0.4) is 0 Å². The van der Waals surface area contributed by atoms with E-state index in [4.69, 9.17) is 4.74 Å². The van der Waals surface area contributed by atoms with E-state index < -0.39 is 33.9 Å². The van der Waals surface area contributed by atoms with E-state index in [0.717, 1.165) is 0 Å². The van der Waals surface area contributed by atoms with Gasteiger partial charge in [0.25, 0.3) is 11.5 Å². The lowest BCUT2D eigenvalue weighted by molar-refractivity contribution is -0.155. The molecular weight excluding hydrogens is 386 g/mol. The molecule has 1 fully saturated rings. The number of benzene rings is 1. The average molecular weight is 407 g/mol. The molecule has 1 amide bonds. The van der Waals surface area contributed by atoms with E-state index in [0.29, 0.717) is 23.1 Å². The van der Waals surface area contributed by atoms with Gasteiger partial charge >= 0.3 is 5.97 Å². The van der Waals surface area contributed by atoms with Crippen LogP contribution in [0.1, 0.15) is 25.6 Å². The molecule has 1 aromatic heterocycles. The number of para-hydroxylation sites is 1. The van der Waals surface area contributed by atoms with Crippen molar-refractivity contribution in [1.82, 2.24) is 15.3 Å². The minimum absolute atomic E-state index is 0.0447. The van der Waals surface area contributed by atoms with Crippen molar-refractivity contribution < 1.29 is 22.7 Å². The number of hydrogen-bond donors (Lipinski definition) is 2. The Balaban J connectivity index is 1.51. The van der Waals surface area contributed by atoms with Crippen LogP contribution in [-0.2, 0) is 30.6 Å². The van der Waals surface area contributed by atoms with Gasteiger partial charge in [-0.1, -0.05) is 12.1 Å². The van der Waals surface area contributed by atoms with Crippen LogP contribution in [-0.4, -0.2) is 53.9 Å². The summed E-state index contributed by atoms with van der Waals surface area (Å²) in [6, 6.07) is 6.43. The number of hydrogen-bond acceptors (Lipinski definition) is 7. The van der Waals surface area contributed by atoms with Gasteiger partial charge in [-0.3, -0.25) is 14.4 Å². The summed E-state index contributed by atoms with van der Waals surface area (Å²) in [4.78, 5) is 43.0. The Labute approximate surface area is 161 Å². The first-order valence-corrected chi connectivity index (χ1v) is 10.7. The average Bonchev–Trinajstić information content (AvgIpc) is 2.98. The number of nitrogens with zero attached hydrogens (tertiary/aromatic N) is 1. The van der Waals surface area contributed by atoms with Gasteiger partial charge in [0.1, 0.15) is 5.82 Å². The molecule has 1 aromatic carbocycles. The summed E-state index contributed by atoms with van der Waals surface area (Å²) in [5, 5.41) is 3.05. The second-order valence-electron chi connectivity index (χ2n) is 6.77. The summed E-state index contributed by atoms with van der Waals surface area (Å²) in [5.74, 6) is -0.845. The van der Waals surface area contributed by atoms with E-state index >= 15 is 0 Å². The lowest BCUT2D eigenvalue weighted by atomic mass is 10.2. The van der Waals surface area contributed by atoms with Gasteiger partial charge in [-0.15, -0.1) is 0 Å². The highest BCUT2D eigenvalue weighted by Crippen LogP contribution is 2.12. The maximum atomic E-state index is 12.1. The summed E-state index contributed by atoms with van der Waals surface area (Å²) >= 11 is 0. The fourth-order valence-electron chi connectivity index (χ4n) is 3.01. The topological polar surface area (TPSA) is 135 Å². The molecule has 0 bridgehead atoms. The van der Waals surface area contributed by atoms with E-state index in [2.05, 4.69) is 15.3 Å². The number of sulfone groups is 1. The largest absolute Gasteiger partial charge is 0.453 e. The van der Waals surface area contributed by atoms with Gasteiger partial charge in [0, 0.05) is 12.5 Å². The number of fused-ring (bicyclic) bond motifs is 1. The Morgan fingerprint density at radius 1 is 1.36 bits per heavy atom. The number of aromatic amines is 1. The first kappa shape index (κ1) is 20.0. The summed E-state index contributed by atoms with van der Waals surface area (Å²) in [7, 11) is -3.11. The first-order valence-electron chi connectivity index (χ1n) is 8.92. The predicted molar refractivity (Wildman–Crippen MR) is 101 cm³/mol. The van der Waals surface area contributed by atoms with Crippen molar-refractivity contribution >= 4 is 32.6 Å². The highest BCUT2D eigenvalue weighted by Gasteiger charge is 2.30. The molecule has 3 rings (SSSR count). The van der Waals surface area contributed by atoms with Gasteiger partial charge in [-0.2, -0.15) is 0 Å². The van der Waals surface area contributed by atoms with Gasteiger partial charge in [0.05, 0.1) is 28.8 Å². The minimum Gasteiger partial charge on any atom is -0.453 e. The molecule has 10 heteroatoms. The van der Waals surface area contributed by atoms with E-state index in [9.17, 15) is 22.8 Å². The van der Waals surface area contributed by atoms with Crippen LogP contribution in [0.25, 0.3) is 10.9 Å². The van der Waals surface area contributed by atoms with Gasteiger partial charge in [-0.25, -0.2) is 13.4 Å². The lowest BCUT2D eigenvalue weighted by Gasteiger charge is -2.16. The molecule has 1 aliphatic rings. The zero-order valence-corrected chi connectivity index (χ0v) is 16.1. The fourth-order valence-corrected chi connectivity index (χ4v) is 4.68. The standard InChI is InChI=1S/C18H21N3O6S/c1-11(17(23)19-12-8-9-28(25,26)10-12)27-16(22)7-6-15-20-14-5-3-2-4-13(14)18(24)21-15/h2-5,11-12H,6-10H2,1H3,(H,19,23)(H,20,21,24)/t11-,12+/m0/s1. The van der Waals surface area contributed by atoms with Crippen LogP contribution < -0.4 is 10.9 Å². The molecular formula is C18H21N3O6S. The van der Waals surface area contributed by atoms with E-state index in [-0.39, 0.29) is 29.9 Å². The number of nitrogens with one attached hydrogen (secondary N) is 2. The van der Waals surface area contributed by atoms with Crippen LogP contribution in [0.5, 0.6) is 0 Å². The summed E-state index contributed by atoms with van der Waals surface area (Å²) < 4.78 is 27.9. The fraction of sp³-hybridized carbons (Fsp3) is 0.444. The van der Waals surface area contributed by atoms with Crippen molar-refractivity contribution in [2.75, 3.05) is 11.5 Å². The van der Waals surface area contributed by atoms with Gasteiger partial charge < -0.3 is 15.0 Å². The Bertz CT molecular complexity index is 1060. The number of carbonyl (C=O) groups excluding carboxylic acids is 2. The number of carbonyl (C=O) groups is 2. The van der Waals surface area contributed by atoms with Crippen LogP contribution in [0, 0.1) is 0 Å². The van der Waals surface area contributed by atoms with Crippen molar-refractivity contribution in [2.45, 2.75) is 38.3 Å². The number of aromatic nitrogens is 2. The molecule has 1 saturated heterocycles. The Morgan fingerprint density at radius 3 is 2.82 bits per heavy atom. The number of amides is 1. The normalized spacial score (nSPS) is 19.2. The molecule has 2 heterocycles. The second kappa shape index (κ2) is 8.09. The molecule has 28 heavy (non-hydrogen) atoms. The van der Waals surface area contributed by atoms with Gasteiger partial charge in [0.15, 0.2) is 15.9 Å². The van der Waals surface area contributed by atoms with E-state index in [1.807, 2.05) is 0 Å². The number of aryl methyl sites for hydroxylation is 1. The van der Waals surface area contributed by atoms with Crippen LogP contribution in [0.15, 0.2) is 29.1 Å². The third-order valence-corrected chi connectivity index (χ3v) is 6.25. The summed E-state index contributed by atoms with van der Waals surface area (Å²) in [6.45, 7) is 1.42. The molecule has 0 unspecified atom stereocenters. The monoisotopic (exact) mass is 407 g/mol. The summed E-state index contributed by atoms with van der Waals surface area (Å²) in [6.07, 6.45) is -0.583. The Morgan fingerprint density at radius 2 is 2.11 bits per heavy atom. The van der Waals surface area contributed by atoms with Crippen LogP contribution >= 0.6 is 0 Å². The molecule has 2 atom stereocenters. The molecule has 1 aliphatic heterocycles. The van der Waals surface area contributed by atoms with E-state index in [1.54, 1.807) is 24.3 Å². The van der Waals surface area contributed by atoms with Gasteiger partial charge in [0.2, 0.25) is 0 Å². The quantitative estimate of drug-likeness (QED) is 0.648. The molecule has 0 saturated carbocycles. The number of H-pyrrole nitrogens is 1. The highest BCUT2D eigenvalue weighted by atomic mass is 32.2. The Hall–Kier alpha value is -2.75. The number of esters is 1. The zero-order valence-electron chi connectivity index (χ0n) is 15.3. The molecule has 9 nitrogen and oxygen atoms in total. The van der Waals surface area contributed by atoms with Gasteiger partial charge in [-0.05, 0) is 25.5 Å². The third-order valence-electron chi connectivity index (χ3n) is 4.48. The smallest absolute Gasteiger partial charge is 0.307 e. The maximum absolute atomic E-state index is 12.1. The van der Waals surface area contributed by atoms with Crippen molar-refractivity contribution in [3.05, 3.63) is 40.4 Å². The molecule has 150 valence electrons. The molecule has 2 N–H and O–H groups in total. The van der Waals surface area contributed by atoms with Crippen LogP contribution in [0.4, 0.5) is 0 Å². The van der Waals surface area contributed by atoms with E-state index in [1.165, 1.54) is 6.92 Å². The number of ether oxygens (including phenoxy) is 1.